The second-order valence-electron chi connectivity index (χ2n) is 6.31. The highest BCUT2D eigenvalue weighted by atomic mass is 19.3. The van der Waals surface area contributed by atoms with Crippen molar-refractivity contribution >= 4 is 11.6 Å². The van der Waals surface area contributed by atoms with E-state index in [1.807, 2.05) is 32.0 Å². The van der Waals surface area contributed by atoms with E-state index in [4.69, 9.17) is 0 Å². The number of carbonyl (C=O) groups excluding carboxylic acids is 1. The number of aryl methyl sites for hydroxylation is 1. The topological polar surface area (TPSA) is 52.6 Å². The van der Waals surface area contributed by atoms with E-state index in [9.17, 15) is 18.7 Å². The van der Waals surface area contributed by atoms with Crippen molar-refractivity contribution in [1.82, 2.24) is 4.90 Å². The van der Waals surface area contributed by atoms with Gasteiger partial charge >= 0.3 is 5.92 Å². The van der Waals surface area contributed by atoms with Crippen molar-refractivity contribution in [2.24, 2.45) is 0 Å². The van der Waals surface area contributed by atoms with Gasteiger partial charge in [-0.1, -0.05) is 17.7 Å². The number of anilines is 1. The minimum atomic E-state index is -3.79. The Morgan fingerprint density at radius 3 is 2.55 bits per heavy atom. The molecule has 0 spiro atoms. The summed E-state index contributed by atoms with van der Waals surface area (Å²) in [7, 11) is 3.72. The molecule has 0 heterocycles. The maximum Gasteiger partial charge on any atom is 0.352 e. The summed E-state index contributed by atoms with van der Waals surface area (Å²) < 4.78 is 28.3. The summed E-state index contributed by atoms with van der Waals surface area (Å²) in [6, 6.07) is 5.23. The molecular weight excluding hydrogens is 290 g/mol. The molecule has 1 aromatic carbocycles. The lowest BCUT2D eigenvalue weighted by Gasteiger charge is -2.41. The molecule has 1 amide bonds. The first-order valence-corrected chi connectivity index (χ1v) is 7.32. The molecule has 22 heavy (non-hydrogen) atoms. The number of benzene rings is 1. The van der Waals surface area contributed by atoms with E-state index >= 15 is 0 Å². The second kappa shape index (κ2) is 5.93. The van der Waals surface area contributed by atoms with Crippen LogP contribution in [0.4, 0.5) is 14.5 Å². The number of hydrogen-bond acceptors (Lipinski definition) is 3. The van der Waals surface area contributed by atoms with Crippen molar-refractivity contribution in [2.75, 3.05) is 19.4 Å². The Morgan fingerprint density at radius 1 is 1.41 bits per heavy atom. The van der Waals surface area contributed by atoms with Crippen LogP contribution in [0.1, 0.15) is 30.4 Å². The molecule has 2 N–H and O–H groups in total. The van der Waals surface area contributed by atoms with Crippen molar-refractivity contribution in [3.05, 3.63) is 29.3 Å². The first-order chi connectivity index (χ1) is 10.2. The van der Waals surface area contributed by atoms with E-state index in [2.05, 4.69) is 5.32 Å². The summed E-state index contributed by atoms with van der Waals surface area (Å²) in [4.78, 5) is 13.9. The van der Waals surface area contributed by atoms with Crippen LogP contribution in [0.5, 0.6) is 0 Å². The highest BCUT2D eigenvalue weighted by Gasteiger charge is 2.61. The number of hydrogen-bond donors (Lipinski definition) is 2. The summed E-state index contributed by atoms with van der Waals surface area (Å²) in [6.07, 6.45) is 0.410. The van der Waals surface area contributed by atoms with Gasteiger partial charge in [-0.25, -0.2) is 0 Å². The summed E-state index contributed by atoms with van der Waals surface area (Å²) in [5.74, 6) is -5.23. The predicted molar refractivity (Wildman–Crippen MR) is 80.9 cm³/mol. The van der Waals surface area contributed by atoms with Gasteiger partial charge < -0.3 is 15.3 Å². The third-order valence-electron chi connectivity index (χ3n) is 4.05. The molecule has 0 aliphatic heterocycles. The molecule has 0 unspecified atom stereocenters. The van der Waals surface area contributed by atoms with Crippen LogP contribution in [0.15, 0.2) is 18.2 Å². The number of rotatable bonds is 5. The van der Waals surface area contributed by atoms with Crippen LogP contribution in [-0.4, -0.2) is 41.5 Å². The first kappa shape index (κ1) is 16.8. The lowest BCUT2D eigenvalue weighted by molar-refractivity contribution is -0.212. The zero-order valence-corrected chi connectivity index (χ0v) is 13.1. The van der Waals surface area contributed by atoms with Gasteiger partial charge in [-0.15, -0.1) is 0 Å². The predicted octanol–water partition coefficient (Wildman–Crippen LogP) is 2.55. The minimum Gasteiger partial charge on any atom is -0.383 e. The van der Waals surface area contributed by atoms with Gasteiger partial charge in [0.15, 0.2) is 0 Å². The van der Waals surface area contributed by atoms with Crippen LogP contribution in [0.25, 0.3) is 0 Å². The number of halogens is 2. The fraction of sp³-hybridized carbons (Fsp3) is 0.562. The fourth-order valence-corrected chi connectivity index (χ4v) is 2.55. The quantitative estimate of drug-likeness (QED) is 0.878. The summed E-state index contributed by atoms with van der Waals surface area (Å²) in [6.45, 7) is 2.42. The van der Waals surface area contributed by atoms with Crippen LogP contribution in [0.3, 0.4) is 0 Å². The Bertz CT molecular complexity index is 569. The van der Waals surface area contributed by atoms with Gasteiger partial charge in [0.25, 0.3) is 5.91 Å². The van der Waals surface area contributed by atoms with E-state index in [0.717, 1.165) is 11.1 Å². The molecule has 0 bridgehead atoms. The molecule has 4 nitrogen and oxygen atoms in total. The van der Waals surface area contributed by atoms with Gasteiger partial charge in [-0.2, -0.15) is 8.78 Å². The minimum absolute atomic E-state index is 0.0497. The van der Waals surface area contributed by atoms with Crippen LogP contribution < -0.4 is 5.32 Å². The summed E-state index contributed by atoms with van der Waals surface area (Å²) in [5, 5.41) is 12.1. The fourth-order valence-electron chi connectivity index (χ4n) is 2.55. The first-order valence-electron chi connectivity index (χ1n) is 7.32. The average Bonchev–Trinajstić information content (AvgIpc) is 2.38. The van der Waals surface area contributed by atoms with Gasteiger partial charge in [0.2, 0.25) is 0 Å². The molecule has 0 saturated heterocycles. The Hall–Kier alpha value is -1.53. The largest absolute Gasteiger partial charge is 0.383 e. The smallest absolute Gasteiger partial charge is 0.352 e. The maximum atomic E-state index is 14.1. The Labute approximate surface area is 129 Å². The average molecular weight is 312 g/mol. The molecule has 6 heteroatoms. The summed E-state index contributed by atoms with van der Waals surface area (Å²) >= 11 is 0. The molecule has 1 saturated carbocycles. The van der Waals surface area contributed by atoms with E-state index in [0.29, 0.717) is 18.7 Å². The lowest BCUT2D eigenvalue weighted by Crippen LogP contribution is -2.59. The van der Waals surface area contributed by atoms with E-state index in [1.165, 1.54) is 0 Å². The molecule has 1 aromatic rings. The molecule has 122 valence electrons. The monoisotopic (exact) mass is 312 g/mol. The molecule has 1 fully saturated rings. The van der Waals surface area contributed by atoms with Crippen molar-refractivity contribution in [1.29, 1.82) is 0 Å². The van der Waals surface area contributed by atoms with E-state index in [-0.39, 0.29) is 12.8 Å². The molecule has 1 aliphatic carbocycles. The van der Waals surface area contributed by atoms with E-state index in [1.54, 1.807) is 12.1 Å². The van der Waals surface area contributed by atoms with E-state index < -0.39 is 17.4 Å². The third-order valence-corrected chi connectivity index (χ3v) is 4.05. The number of nitrogens with zero attached hydrogens (tertiary/aromatic N) is 1. The van der Waals surface area contributed by atoms with Crippen molar-refractivity contribution in [2.45, 2.75) is 44.3 Å². The van der Waals surface area contributed by atoms with Gasteiger partial charge in [0.1, 0.15) is 5.60 Å². The number of alkyl halides is 2. The van der Waals surface area contributed by atoms with Gasteiger partial charge in [-0.3, -0.25) is 4.79 Å². The summed E-state index contributed by atoms with van der Waals surface area (Å²) in [5.41, 5.74) is -0.107. The Morgan fingerprint density at radius 2 is 2.05 bits per heavy atom. The standard InChI is InChI=1S/C16H22F2N2O2/c1-11-5-6-13(12(9-11)10-20(2)3)19-14(21)16(17,18)15(22)7-4-8-15/h5-6,9,22H,4,7-8,10H2,1-3H3,(H,19,21). The van der Waals surface area contributed by atoms with Gasteiger partial charge in [-0.05, 0) is 51.9 Å². The number of aliphatic hydroxyl groups is 1. The maximum absolute atomic E-state index is 14.1. The van der Waals surface area contributed by atoms with Crippen molar-refractivity contribution in [3.63, 3.8) is 0 Å². The van der Waals surface area contributed by atoms with Crippen LogP contribution in [0, 0.1) is 6.92 Å². The normalized spacial score (nSPS) is 17.2. The third kappa shape index (κ3) is 3.13. The molecule has 0 radical (unpaired) electrons. The van der Waals surface area contributed by atoms with Crippen LogP contribution in [-0.2, 0) is 11.3 Å². The lowest BCUT2D eigenvalue weighted by atomic mass is 9.75. The molecule has 2 rings (SSSR count). The SMILES string of the molecule is Cc1ccc(NC(=O)C(F)(F)C2(O)CCC2)c(CN(C)C)c1. The van der Waals surface area contributed by atoms with Gasteiger partial charge in [0, 0.05) is 12.2 Å². The molecule has 1 aliphatic rings. The molecular formula is C16H22F2N2O2. The highest BCUT2D eigenvalue weighted by Crippen LogP contribution is 2.44. The number of nitrogens with one attached hydrogen (secondary N) is 1. The number of amides is 1. The van der Waals surface area contributed by atoms with Gasteiger partial charge in [0.05, 0.1) is 0 Å². The van der Waals surface area contributed by atoms with Crippen LogP contribution in [0.2, 0.25) is 0 Å². The molecule has 0 atom stereocenters. The zero-order chi connectivity index (χ0) is 16.5. The Kier molecular flexibility index (Phi) is 4.54. The Balaban J connectivity index is 2.21. The highest BCUT2D eigenvalue weighted by molar-refractivity contribution is 5.97. The van der Waals surface area contributed by atoms with Crippen molar-refractivity contribution in [3.8, 4) is 0 Å². The van der Waals surface area contributed by atoms with Crippen LogP contribution >= 0.6 is 0 Å². The second-order valence-corrected chi connectivity index (χ2v) is 6.31. The van der Waals surface area contributed by atoms with Crippen molar-refractivity contribution < 1.29 is 18.7 Å². The number of carbonyl (C=O) groups is 1. The molecule has 0 aromatic heterocycles. The zero-order valence-electron chi connectivity index (χ0n) is 13.1.